The van der Waals surface area contributed by atoms with E-state index in [1.54, 1.807) is 5.57 Å². The van der Waals surface area contributed by atoms with Crippen LogP contribution in [0, 0.1) is 34.5 Å². The zero-order valence-corrected chi connectivity index (χ0v) is 15.8. The fourth-order valence-electron chi connectivity index (χ4n) is 7.45. The van der Waals surface area contributed by atoms with Gasteiger partial charge >= 0.3 is 0 Å². The Morgan fingerprint density at radius 3 is 2.65 bits per heavy atom. The van der Waals surface area contributed by atoms with Crippen LogP contribution in [0.1, 0.15) is 72.1 Å². The van der Waals surface area contributed by atoms with Crippen molar-refractivity contribution in [2.45, 2.75) is 83.6 Å². The summed E-state index contributed by atoms with van der Waals surface area (Å²) in [5, 5.41) is 10.7. The van der Waals surface area contributed by atoms with Crippen LogP contribution in [-0.2, 0) is 0 Å². The van der Waals surface area contributed by atoms with E-state index >= 15 is 0 Å². The van der Waals surface area contributed by atoms with Crippen LogP contribution in [-0.4, -0.2) is 16.6 Å². The third kappa shape index (κ3) is 2.29. The zero-order valence-electron chi connectivity index (χ0n) is 15.0. The largest absolute Gasteiger partial charge is 0.393 e. The molecule has 0 unspecified atom stereocenters. The van der Waals surface area contributed by atoms with Gasteiger partial charge in [0.05, 0.1) is 6.10 Å². The number of hydrogen-bond acceptors (Lipinski definition) is 1. The Morgan fingerprint density at radius 1 is 1.13 bits per heavy atom. The lowest BCUT2D eigenvalue weighted by molar-refractivity contribution is -0.0618. The predicted octanol–water partition coefficient (Wildman–Crippen LogP) is 5.55. The molecule has 0 heterocycles. The summed E-state index contributed by atoms with van der Waals surface area (Å²) in [6.07, 6.45) is 12.6. The number of aliphatic hydroxyl groups excluding tert-OH is 1. The zero-order chi connectivity index (χ0) is 16.4. The summed E-state index contributed by atoms with van der Waals surface area (Å²) in [5.74, 6) is 3.05. The Kier molecular flexibility index (Phi) is 3.93. The first-order valence-electron chi connectivity index (χ1n) is 9.88. The summed E-state index contributed by atoms with van der Waals surface area (Å²) in [5.41, 5.74) is 2.47. The van der Waals surface area contributed by atoms with Crippen molar-refractivity contribution < 1.29 is 5.11 Å². The Balaban J connectivity index is 1.65. The monoisotopic (exact) mass is 336 g/mol. The Bertz CT molecular complexity index is 512. The highest BCUT2D eigenvalue weighted by molar-refractivity contribution is 6.20. The average Bonchev–Trinajstić information content (AvgIpc) is 2.85. The molecule has 4 rings (SSSR count). The van der Waals surface area contributed by atoms with Gasteiger partial charge in [0, 0.05) is 5.38 Å². The molecule has 0 radical (unpaired) electrons. The highest BCUT2D eigenvalue weighted by atomic mass is 35.5. The predicted molar refractivity (Wildman–Crippen MR) is 96.5 cm³/mol. The van der Waals surface area contributed by atoms with E-state index in [1.165, 1.54) is 44.9 Å². The molecule has 8 atom stereocenters. The third-order valence-electron chi connectivity index (χ3n) is 8.70. The number of hydrogen-bond donors (Lipinski definition) is 1. The lowest BCUT2D eigenvalue weighted by Crippen LogP contribution is -2.51. The standard InChI is InChI=1S/C21H33ClO/c1-13(23)17-6-7-18-16-5-4-14-12-15(22)8-10-20(14,2)19(16)9-11-21(17,18)3/h4,13,15-19,23H,5-12H2,1-3H3/t13-,15-,16+,17-,18-,19+,20-,21+/m0/s1. The molecule has 3 fully saturated rings. The van der Waals surface area contributed by atoms with Crippen LogP contribution in [0.5, 0.6) is 0 Å². The normalized spacial score (nSPS) is 53.8. The molecule has 0 saturated heterocycles. The number of allylic oxidation sites excluding steroid dienone is 2. The molecule has 4 aliphatic carbocycles. The molecule has 0 aromatic rings. The maximum absolute atomic E-state index is 10.3. The second-order valence-electron chi connectivity index (χ2n) is 9.57. The molecule has 0 aromatic carbocycles. The van der Waals surface area contributed by atoms with Gasteiger partial charge in [0.15, 0.2) is 0 Å². The Hall–Kier alpha value is -0.0100. The minimum atomic E-state index is -0.140. The first kappa shape index (κ1) is 16.5. The van der Waals surface area contributed by atoms with Gasteiger partial charge in [-0.3, -0.25) is 0 Å². The van der Waals surface area contributed by atoms with Gasteiger partial charge in [0.2, 0.25) is 0 Å². The summed E-state index contributed by atoms with van der Waals surface area (Å²) < 4.78 is 0. The quantitative estimate of drug-likeness (QED) is 0.491. The molecule has 0 spiro atoms. The van der Waals surface area contributed by atoms with Crippen molar-refractivity contribution >= 4 is 11.6 Å². The molecule has 0 aliphatic heterocycles. The summed E-state index contributed by atoms with van der Waals surface area (Å²) >= 11 is 6.47. The van der Waals surface area contributed by atoms with Crippen molar-refractivity contribution in [2.24, 2.45) is 34.5 Å². The molecule has 0 bridgehead atoms. The molecule has 2 heteroatoms. The van der Waals surface area contributed by atoms with Gasteiger partial charge in [0.1, 0.15) is 0 Å². The number of halogens is 1. The van der Waals surface area contributed by atoms with E-state index in [0.717, 1.165) is 24.2 Å². The third-order valence-corrected chi connectivity index (χ3v) is 9.07. The maximum Gasteiger partial charge on any atom is 0.0545 e. The van der Waals surface area contributed by atoms with E-state index < -0.39 is 0 Å². The second kappa shape index (κ2) is 5.49. The van der Waals surface area contributed by atoms with Crippen LogP contribution in [0.2, 0.25) is 0 Å². The van der Waals surface area contributed by atoms with E-state index in [-0.39, 0.29) is 6.10 Å². The van der Waals surface area contributed by atoms with Crippen LogP contribution < -0.4 is 0 Å². The molecule has 23 heavy (non-hydrogen) atoms. The fourth-order valence-corrected chi connectivity index (χ4v) is 7.72. The number of aliphatic hydroxyl groups is 1. The average molecular weight is 337 g/mol. The van der Waals surface area contributed by atoms with Crippen LogP contribution in [0.25, 0.3) is 0 Å². The summed E-state index contributed by atoms with van der Waals surface area (Å²) in [6.45, 7) is 7.06. The maximum atomic E-state index is 10.3. The van der Waals surface area contributed by atoms with Crippen molar-refractivity contribution in [2.75, 3.05) is 0 Å². The van der Waals surface area contributed by atoms with Crippen molar-refractivity contribution in [1.29, 1.82) is 0 Å². The SMILES string of the molecule is C[C@H](O)[C@@H]1CC[C@H]2[C@H]3CC=C4C[C@@H](Cl)CC[C@]4(C)[C@@H]3CC[C@@]21C. The topological polar surface area (TPSA) is 20.2 Å². The molecular weight excluding hydrogens is 304 g/mol. The van der Waals surface area contributed by atoms with Crippen molar-refractivity contribution in [1.82, 2.24) is 0 Å². The highest BCUT2D eigenvalue weighted by Gasteiger charge is 2.59. The van der Waals surface area contributed by atoms with E-state index in [0.29, 0.717) is 22.1 Å². The van der Waals surface area contributed by atoms with Gasteiger partial charge in [-0.25, -0.2) is 0 Å². The number of alkyl halides is 1. The summed E-state index contributed by atoms with van der Waals surface area (Å²) in [7, 11) is 0. The van der Waals surface area contributed by atoms with E-state index in [2.05, 4.69) is 19.9 Å². The van der Waals surface area contributed by atoms with Crippen molar-refractivity contribution in [3.63, 3.8) is 0 Å². The molecule has 4 aliphatic rings. The fraction of sp³-hybridized carbons (Fsp3) is 0.905. The van der Waals surface area contributed by atoms with Gasteiger partial charge in [0.25, 0.3) is 0 Å². The van der Waals surface area contributed by atoms with Gasteiger partial charge in [-0.2, -0.15) is 0 Å². The summed E-state index contributed by atoms with van der Waals surface area (Å²) in [6, 6.07) is 0. The first-order chi connectivity index (χ1) is 10.9. The van der Waals surface area contributed by atoms with Crippen LogP contribution >= 0.6 is 11.6 Å². The van der Waals surface area contributed by atoms with Gasteiger partial charge in [-0.15, -0.1) is 11.6 Å². The van der Waals surface area contributed by atoms with Crippen molar-refractivity contribution in [3.05, 3.63) is 11.6 Å². The first-order valence-corrected chi connectivity index (χ1v) is 10.3. The second-order valence-corrected chi connectivity index (χ2v) is 10.2. The van der Waals surface area contributed by atoms with E-state index in [9.17, 15) is 5.11 Å². The van der Waals surface area contributed by atoms with Gasteiger partial charge in [-0.1, -0.05) is 25.5 Å². The molecule has 0 aromatic heterocycles. The Labute approximate surface area is 146 Å². The van der Waals surface area contributed by atoms with Crippen LogP contribution in [0.3, 0.4) is 0 Å². The Morgan fingerprint density at radius 2 is 1.91 bits per heavy atom. The van der Waals surface area contributed by atoms with Crippen LogP contribution in [0.15, 0.2) is 11.6 Å². The molecule has 130 valence electrons. The number of fused-ring (bicyclic) bond motifs is 5. The molecule has 1 nitrogen and oxygen atoms in total. The molecule has 3 saturated carbocycles. The molecule has 1 N–H and O–H groups in total. The molecular formula is C21H33ClO. The van der Waals surface area contributed by atoms with E-state index in [1.807, 2.05) is 6.92 Å². The minimum absolute atomic E-state index is 0.140. The highest BCUT2D eigenvalue weighted by Crippen LogP contribution is 2.66. The van der Waals surface area contributed by atoms with E-state index in [4.69, 9.17) is 11.6 Å². The lowest BCUT2D eigenvalue weighted by Gasteiger charge is -2.58. The smallest absolute Gasteiger partial charge is 0.0545 e. The molecule has 0 amide bonds. The number of rotatable bonds is 1. The van der Waals surface area contributed by atoms with Crippen LogP contribution in [0.4, 0.5) is 0 Å². The van der Waals surface area contributed by atoms with Crippen molar-refractivity contribution in [3.8, 4) is 0 Å². The lowest BCUT2D eigenvalue weighted by atomic mass is 9.47. The minimum Gasteiger partial charge on any atom is -0.393 e. The van der Waals surface area contributed by atoms with Gasteiger partial charge < -0.3 is 5.11 Å². The summed E-state index contributed by atoms with van der Waals surface area (Å²) in [4.78, 5) is 0. The van der Waals surface area contributed by atoms with Gasteiger partial charge in [-0.05, 0) is 92.8 Å².